The Hall–Kier alpha value is -2.51. The zero-order chi connectivity index (χ0) is 30.8. The highest BCUT2D eigenvalue weighted by atomic mass is 35.5. The number of nitrogens with one attached hydrogen (secondary N) is 1. The van der Waals surface area contributed by atoms with Crippen LogP contribution in [0, 0.1) is 24.5 Å². The monoisotopic (exact) mass is 599 g/mol. The zero-order valence-electron chi connectivity index (χ0n) is 25.9. The van der Waals surface area contributed by atoms with Gasteiger partial charge < -0.3 is 10.2 Å². The number of hydrogen-bond donors (Lipinski definition) is 1. The van der Waals surface area contributed by atoms with E-state index in [0.29, 0.717) is 31.7 Å². The summed E-state index contributed by atoms with van der Waals surface area (Å²) in [5.74, 6) is -1.86. The lowest BCUT2D eigenvalue weighted by molar-refractivity contribution is -0.137. The number of benzene rings is 2. The molecule has 1 spiro atoms. The summed E-state index contributed by atoms with van der Waals surface area (Å²) in [4.78, 5) is 30.5. The summed E-state index contributed by atoms with van der Waals surface area (Å²) in [5.41, 5.74) is 3.16. The van der Waals surface area contributed by atoms with Gasteiger partial charge in [0, 0.05) is 67.1 Å². The van der Waals surface area contributed by atoms with Crippen molar-refractivity contribution in [2.24, 2.45) is 5.92 Å². The summed E-state index contributed by atoms with van der Waals surface area (Å²) >= 11 is 6.61. The molecule has 0 bridgehead atoms. The lowest BCUT2D eigenvalue weighted by Gasteiger charge is -2.42. The van der Waals surface area contributed by atoms with Crippen molar-refractivity contribution >= 4 is 23.4 Å². The molecule has 1 aliphatic carbocycles. The number of rotatable bonds is 4. The SMILES string of the molecule is CC(=O)NC(C)(C)[C@H]1CC2(CCN(C(=O)C3CN(C(C)(C)C)C[C@H]3c3ccc(F)cc3F)CC2)c2cc(C)c(Cl)cc21. The van der Waals surface area contributed by atoms with Gasteiger partial charge in [-0.25, -0.2) is 8.78 Å². The maximum atomic E-state index is 15.0. The highest BCUT2D eigenvalue weighted by molar-refractivity contribution is 6.31. The Morgan fingerprint density at radius 2 is 1.67 bits per heavy atom. The van der Waals surface area contributed by atoms with Gasteiger partial charge in [-0.1, -0.05) is 23.7 Å². The number of likely N-dealkylation sites (tertiary alicyclic amines) is 2. The van der Waals surface area contributed by atoms with Gasteiger partial charge in [0.2, 0.25) is 11.8 Å². The molecule has 1 N–H and O–H groups in total. The minimum atomic E-state index is -0.612. The smallest absolute Gasteiger partial charge is 0.227 e. The molecule has 2 heterocycles. The highest BCUT2D eigenvalue weighted by Crippen LogP contribution is 2.56. The van der Waals surface area contributed by atoms with Gasteiger partial charge in [0.05, 0.1) is 5.92 Å². The first-order valence-corrected chi connectivity index (χ1v) is 15.5. The van der Waals surface area contributed by atoms with E-state index in [-0.39, 0.29) is 34.6 Å². The van der Waals surface area contributed by atoms with Gasteiger partial charge in [-0.3, -0.25) is 14.5 Å². The van der Waals surface area contributed by atoms with Crippen LogP contribution in [0.3, 0.4) is 0 Å². The van der Waals surface area contributed by atoms with Crippen LogP contribution >= 0.6 is 11.6 Å². The van der Waals surface area contributed by atoms with Gasteiger partial charge in [-0.15, -0.1) is 0 Å². The number of piperidine rings is 1. The molecule has 3 aliphatic rings. The van der Waals surface area contributed by atoms with Crippen molar-refractivity contribution in [1.29, 1.82) is 0 Å². The number of halogens is 3. The Balaban J connectivity index is 1.40. The summed E-state index contributed by atoms with van der Waals surface area (Å²) in [6.45, 7) is 16.3. The molecule has 2 amide bonds. The van der Waals surface area contributed by atoms with E-state index in [9.17, 15) is 18.4 Å². The van der Waals surface area contributed by atoms with E-state index >= 15 is 0 Å². The molecule has 0 saturated carbocycles. The first-order valence-electron chi connectivity index (χ1n) is 15.1. The third-order valence-electron chi connectivity index (χ3n) is 10.2. The van der Waals surface area contributed by atoms with Gasteiger partial charge in [0.1, 0.15) is 11.6 Å². The van der Waals surface area contributed by atoms with E-state index in [0.717, 1.165) is 35.9 Å². The molecule has 2 saturated heterocycles. The molecule has 2 aliphatic heterocycles. The van der Waals surface area contributed by atoms with E-state index in [1.165, 1.54) is 23.3 Å². The summed E-state index contributed by atoms with van der Waals surface area (Å²) in [6, 6.07) is 8.01. The van der Waals surface area contributed by atoms with Crippen LogP contribution in [-0.2, 0) is 15.0 Å². The van der Waals surface area contributed by atoms with E-state index < -0.39 is 23.1 Å². The first-order chi connectivity index (χ1) is 19.5. The maximum Gasteiger partial charge on any atom is 0.227 e. The Morgan fingerprint density at radius 3 is 2.26 bits per heavy atom. The van der Waals surface area contributed by atoms with Crippen LogP contribution in [-0.4, -0.2) is 58.9 Å². The Bertz CT molecular complexity index is 1390. The predicted molar refractivity (Wildman–Crippen MR) is 163 cm³/mol. The molecular formula is C34H44ClF2N3O2. The van der Waals surface area contributed by atoms with Crippen LogP contribution in [0.4, 0.5) is 8.78 Å². The van der Waals surface area contributed by atoms with Crippen molar-refractivity contribution in [2.45, 2.75) is 96.1 Å². The average Bonchev–Trinajstić information content (AvgIpc) is 3.45. The van der Waals surface area contributed by atoms with E-state index in [1.807, 2.05) is 11.8 Å². The number of amides is 2. The van der Waals surface area contributed by atoms with Crippen molar-refractivity contribution in [3.8, 4) is 0 Å². The number of hydrogen-bond acceptors (Lipinski definition) is 3. The molecular weight excluding hydrogens is 556 g/mol. The Labute approximate surface area is 254 Å². The summed E-state index contributed by atoms with van der Waals surface area (Å²) < 4.78 is 28.8. The first kappa shape index (κ1) is 30.9. The van der Waals surface area contributed by atoms with Crippen molar-refractivity contribution in [2.75, 3.05) is 26.2 Å². The molecule has 5 rings (SSSR count). The number of aryl methyl sites for hydroxylation is 1. The molecule has 2 aromatic carbocycles. The van der Waals surface area contributed by atoms with Crippen LogP contribution < -0.4 is 5.32 Å². The summed E-state index contributed by atoms with van der Waals surface area (Å²) in [5, 5.41) is 3.89. The normalized spacial score (nSPS) is 24.2. The summed E-state index contributed by atoms with van der Waals surface area (Å²) in [6.07, 6.45) is 2.50. The molecule has 5 nitrogen and oxygen atoms in total. The lowest BCUT2D eigenvalue weighted by atomic mass is 9.71. The van der Waals surface area contributed by atoms with E-state index in [4.69, 9.17) is 11.6 Å². The predicted octanol–water partition coefficient (Wildman–Crippen LogP) is 6.70. The summed E-state index contributed by atoms with van der Waals surface area (Å²) in [7, 11) is 0. The minimum Gasteiger partial charge on any atom is -0.351 e. The second kappa shape index (κ2) is 10.9. The number of carbonyl (C=O) groups is 2. The third kappa shape index (κ3) is 5.59. The third-order valence-corrected chi connectivity index (χ3v) is 10.6. The quantitative estimate of drug-likeness (QED) is 0.425. The second-order valence-corrected chi connectivity index (χ2v) is 14.8. The highest BCUT2D eigenvalue weighted by Gasteiger charge is 2.52. The molecule has 0 radical (unpaired) electrons. The second-order valence-electron chi connectivity index (χ2n) is 14.4. The van der Waals surface area contributed by atoms with E-state index in [2.05, 4.69) is 57.0 Å². The number of carbonyl (C=O) groups excluding carboxylic acids is 2. The van der Waals surface area contributed by atoms with Crippen molar-refractivity contribution in [1.82, 2.24) is 15.1 Å². The van der Waals surface area contributed by atoms with Gasteiger partial charge in [-0.05, 0) is 101 Å². The molecule has 0 aromatic heterocycles. The van der Waals surface area contributed by atoms with Crippen molar-refractivity contribution in [3.05, 3.63) is 69.2 Å². The van der Waals surface area contributed by atoms with Gasteiger partial charge in [0.25, 0.3) is 0 Å². The fourth-order valence-electron chi connectivity index (χ4n) is 7.82. The largest absolute Gasteiger partial charge is 0.351 e. The minimum absolute atomic E-state index is 0.0472. The van der Waals surface area contributed by atoms with Crippen LogP contribution in [0.5, 0.6) is 0 Å². The van der Waals surface area contributed by atoms with Crippen molar-refractivity contribution < 1.29 is 18.4 Å². The van der Waals surface area contributed by atoms with Crippen LogP contribution in [0.2, 0.25) is 5.02 Å². The molecule has 3 atom stereocenters. The fourth-order valence-corrected chi connectivity index (χ4v) is 7.99. The Kier molecular flexibility index (Phi) is 8.02. The van der Waals surface area contributed by atoms with Crippen LogP contribution in [0.25, 0.3) is 0 Å². The van der Waals surface area contributed by atoms with Crippen molar-refractivity contribution in [3.63, 3.8) is 0 Å². The van der Waals surface area contributed by atoms with Gasteiger partial charge in [0.15, 0.2) is 0 Å². The zero-order valence-corrected chi connectivity index (χ0v) is 26.7. The molecule has 2 fully saturated rings. The van der Waals surface area contributed by atoms with E-state index in [1.54, 1.807) is 6.92 Å². The molecule has 42 heavy (non-hydrogen) atoms. The van der Waals surface area contributed by atoms with Gasteiger partial charge in [-0.2, -0.15) is 0 Å². The maximum absolute atomic E-state index is 15.0. The van der Waals surface area contributed by atoms with Crippen LogP contribution in [0.1, 0.15) is 94.9 Å². The standard InChI is InChI=1S/C34H44ClF2N3O2/c1-20-14-27-24(16-29(20)35)28(33(6,7)38-21(2)41)17-34(27)10-12-39(13-11-34)31(42)26-19-40(32(3,4)5)18-25(26)23-9-8-22(36)15-30(23)37/h8-9,14-16,25-26,28H,10-13,17-19H2,1-7H3,(H,38,41)/t25-,26?,28-/m0/s1. The van der Waals surface area contributed by atoms with Crippen LogP contribution in [0.15, 0.2) is 30.3 Å². The topological polar surface area (TPSA) is 52.7 Å². The van der Waals surface area contributed by atoms with Gasteiger partial charge >= 0.3 is 0 Å². The molecule has 2 aromatic rings. The fraction of sp³-hybridized carbons (Fsp3) is 0.588. The molecule has 1 unspecified atom stereocenters. The lowest BCUT2D eigenvalue weighted by Crippen LogP contribution is -2.49. The average molecular weight is 600 g/mol. The molecule has 8 heteroatoms. The number of nitrogens with zero attached hydrogens (tertiary/aromatic N) is 2. The Morgan fingerprint density at radius 1 is 1.00 bits per heavy atom. The number of fused-ring (bicyclic) bond motifs is 2. The molecule has 228 valence electrons.